The summed E-state index contributed by atoms with van der Waals surface area (Å²) in [7, 11) is 0. The monoisotopic (exact) mass is 534 g/mol. The summed E-state index contributed by atoms with van der Waals surface area (Å²) >= 11 is 9.20. The zero-order valence-electron chi connectivity index (χ0n) is 19.7. The number of carbonyl (C=O) groups excluding carboxylic acids is 1. The van der Waals surface area contributed by atoms with Crippen LogP contribution in [0.15, 0.2) is 75.8 Å². The van der Waals surface area contributed by atoms with Crippen LogP contribution in [0.2, 0.25) is 5.02 Å². The molecule has 0 saturated carbocycles. The molecule has 2 aromatic heterocycles. The van der Waals surface area contributed by atoms with Gasteiger partial charge in [0.1, 0.15) is 5.82 Å². The highest BCUT2D eigenvalue weighted by Gasteiger charge is 2.45. The summed E-state index contributed by atoms with van der Waals surface area (Å²) < 4.78 is 0.745. The highest BCUT2D eigenvalue weighted by atomic mass is 35.5. The van der Waals surface area contributed by atoms with Gasteiger partial charge in [0.15, 0.2) is 10.1 Å². The van der Waals surface area contributed by atoms with E-state index in [1.54, 1.807) is 23.4 Å². The third kappa shape index (κ3) is 4.52. The fourth-order valence-electron chi connectivity index (χ4n) is 4.71. The number of anilines is 1. The number of ketones is 1. The number of hydrogen-bond donors (Lipinski definition) is 1. The highest BCUT2D eigenvalue weighted by Crippen LogP contribution is 2.50. The number of thioether (sulfide) groups is 1. The van der Waals surface area contributed by atoms with Crippen molar-refractivity contribution >= 4 is 45.6 Å². The lowest BCUT2D eigenvalue weighted by atomic mass is 9.69. The lowest BCUT2D eigenvalue weighted by Crippen LogP contribution is -2.42. The normalized spacial score (nSPS) is 19.3. The molecule has 1 aliphatic carbocycles. The van der Waals surface area contributed by atoms with Crippen LogP contribution in [0.3, 0.4) is 0 Å². The van der Waals surface area contributed by atoms with E-state index in [0.717, 1.165) is 21.2 Å². The topological polar surface area (TPSA) is 109 Å². The lowest BCUT2D eigenvalue weighted by Gasteiger charge is -2.42. The summed E-state index contributed by atoms with van der Waals surface area (Å²) in [4.78, 5) is 19.5. The molecule has 0 spiro atoms. The van der Waals surface area contributed by atoms with Gasteiger partial charge >= 0.3 is 0 Å². The first-order valence-corrected chi connectivity index (χ1v) is 13.5. The summed E-state index contributed by atoms with van der Waals surface area (Å²) in [6, 6.07) is 13.6. The number of nitrogens with two attached hydrogens (primary N) is 1. The average molecular weight is 535 g/mol. The third-order valence-electron chi connectivity index (χ3n) is 6.29. The Morgan fingerprint density at radius 2 is 2.06 bits per heavy atom. The van der Waals surface area contributed by atoms with E-state index in [0.29, 0.717) is 39.9 Å². The number of carbonyl (C=O) groups is 1. The largest absolute Gasteiger partial charge is 0.384 e. The second-order valence-electron chi connectivity index (χ2n) is 9.50. The van der Waals surface area contributed by atoms with Crippen LogP contribution < -0.4 is 10.6 Å². The number of allylic oxidation sites excluding steroid dienone is 3. The second kappa shape index (κ2) is 9.69. The number of pyridine rings is 1. The Bertz CT molecular complexity index is 1440. The number of nitrogens with zero attached hydrogens (tertiary/aromatic N) is 5. The molecule has 3 aromatic rings. The maximum atomic E-state index is 13.5. The first kappa shape index (κ1) is 24.5. The molecule has 182 valence electrons. The van der Waals surface area contributed by atoms with Gasteiger partial charge in [-0.1, -0.05) is 72.8 Å². The Morgan fingerprint density at radius 1 is 1.25 bits per heavy atom. The number of hydrogen-bond acceptors (Lipinski definition) is 9. The minimum atomic E-state index is -0.555. The van der Waals surface area contributed by atoms with Crippen LogP contribution >= 0.6 is 34.7 Å². The number of halogens is 1. The van der Waals surface area contributed by atoms with Crippen molar-refractivity contribution in [3.05, 3.63) is 87.6 Å². The summed E-state index contributed by atoms with van der Waals surface area (Å²) in [5.74, 6) is 0.374. The molecule has 0 amide bonds. The number of benzene rings is 1. The van der Waals surface area contributed by atoms with Gasteiger partial charge < -0.3 is 5.73 Å². The minimum absolute atomic E-state index is 0.0122. The molecule has 2 aliphatic rings. The number of aromatic nitrogens is 3. The molecular weight excluding hydrogens is 512 g/mol. The maximum Gasteiger partial charge on any atom is 0.219 e. The van der Waals surface area contributed by atoms with Crippen LogP contribution in [0.4, 0.5) is 5.13 Å². The maximum absolute atomic E-state index is 13.5. The number of rotatable bonds is 5. The van der Waals surface area contributed by atoms with Crippen LogP contribution in [-0.2, 0) is 10.5 Å². The zero-order chi connectivity index (χ0) is 25.4. The predicted molar refractivity (Wildman–Crippen MR) is 142 cm³/mol. The molecule has 1 aromatic carbocycles. The molecule has 0 bridgehead atoms. The summed E-state index contributed by atoms with van der Waals surface area (Å²) in [6.45, 7) is 4.13. The zero-order valence-corrected chi connectivity index (χ0v) is 22.1. The van der Waals surface area contributed by atoms with Crippen molar-refractivity contribution in [3.63, 3.8) is 0 Å². The first-order valence-electron chi connectivity index (χ1n) is 11.3. The molecule has 3 heterocycles. The van der Waals surface area contributed by atoms with Crippen molar-refractivity contribution in [2.45, 2.75) is 42.7 Å². The molecule has 36 heavy (non-hydrogen) atoms. The SMILES string of the molecule is CC1(C)CC(=O)C2=C(C1)N(c1nnc(SCc3ccccc3Cl)s1)C(N)=C(C#N)C2c1cccnc1. The van der Waals surface area contributed by atoms with Crippen LogP contribution in [0.25, 0.3) is 0 Å². The van der Waals surface area contributed by atoms with E-state index in [4.69, 9.17) is 17.3 Å². The van der Waals surface area contributed by atoms with Gasteiger partial charge in [0.2, 0.25) is 5.13 Å². The predicted octanol–water partition coefficient (Wildman–Crippen LogP) is 5.82. The highest BCUT2D eigenvalue weighted by molar-refractivity contribution is 8.00. The van der Waals surface area contributed by atoms with Gasteiger partial charge in [0.25, 0.3) is 0 Å². The summed E-state index contributed by atoms with van der Waals surface area (Å²) in [6.07, 6.45) is 4.37. The Morgan fingerprint density at radius 3 is 2.78 bits per heavy atom. The molecule has 2 N–H and O–H groups in total. The Hall–Kier alpha value is -3.19. The van der Waals surface area contributed by atoms with Crippen LogP contribution in [0, 0.1) is 16.7 Å². The molecule has 5 rings (SSSR count). The van der Waals surface area contributed by atoms with Crippen LogP contribution in [0.5, 0.6) is 0 Å². The molecular formula is C26H23ClN6OS2. The Labute approximate surface area is 222 Å². The van der Waals surface area contributed by atoms with Crippen molar-refractivity contribution in [2.75, 3.05) is 4.90 Å². The first-order chi connectivity index (χ1) is 17.3. The van der Waals surface area contributed by atoms with E-state index in [2.05, 4.69) is 35.1 Å². The fraction of sp³-hybridized carbons (Fsp3) is 0.269. The van der Waals surface area contributed by atoms with Gasteiger partial charge in [-0.15, -0.1) is 10.2 Å². The van der Waals surface area contributed by atoms with Gasteiger partial charge in [-0.25, -0.2) is 0 Å². The van der Waals surface area contributed by atoms with Crippen molar-refractivity contribution < 1.29 is 4.79 Å². The Balaban J connectivity index is 1.57. The van der Waals surface area contributed by atoms with Gasteiger partial charge in [0.05, 0.1) is 17.6 Å². The molecule has 10 heteroatoms. The van der Waals surface area contributed by atoms with Gasteiger partial charge in [-0.05, 0) is 35.1 Å². The summed E-state index contributed by atoms with van der Waals surface area (Å²) in [5.41, 5.74) is 9.86. The van der Waals surface area contributed by atoms with Crippen molar-refractivity contribution in [3.8, 4) is 6.07 Å². The molecule has 7 nitrogen and oxygen atoms in total. The second-order valence-corrected chi connectivity index (χ2v) is 12.1. The molecule has 0 fully saturated rings. The van der Waals surface area contributed by atoms with E-state index < -0.39 is 5.92 Å². The van der Waals surface area contributed by atoms with Crippen LogP contribution in [0.1, 0.15) is 43.7 Å². The van der Waals surface area contributed by atoms with Crippen LogP contribution in [-0.4, -0.2) is 21.0 Å². The molecule has 1 atom stereocenters. The molecule has 1 unspecified atom stereocenters. The van der Waals surface area contributed by atoms with E-state index >= 15 is 0 Å². The van der Waals surface area contributed by atoms with E-state index in [1.807, 2.05) is 30.3 Å². The van der Waals surface area contributed by atoms with E-state index in [1.165, 1.54) is 23.1 Å². The van der Waals surface area contributed by atoms with Crippen molar-refractivity contribution in [2.24, 2.45) is 11.1 Å². The molecule has 0 radical (unpaired) electrons. The molecule has 0 saturated heterocycles. The standard InChI is InChI=1S/C26H23ClN6OS2/c1-26(2)10-19-22(20(34)11-26)21(15-7-5-9-30-13-15)17(12-28)23(29)33(19)24-31-32-25(36-24)35-14-16-6-3-4-8-18(16)27/h3-9,13,21H,10-11,14,29H2,1-2H3. The van der Waals surface area contributed by atoms with Gasteiger partial charge in [-0.2, -0.15) is 5.26 Å². The smallest absolute Gasteiger partial charge is 0.219 e. The average Bonchev–Trinajstić information content (AvgIpc) is 3.31. The minimum Gasteiger partial charge on any atom is -0.384 e. The Kier molecular flexibility index (Phi) is 6.60. The molecule has 1 aliphatic heterocycles. The van der Waals surface area contributed by atoms with Gasteiger partial charge in [-0.3, -0.25) is 14.7 Å². The fourth-order valence-corrected chi connectivity index (χ4v) is 6.88. The summed E-state index contributed by atoms with van der Waals surface area (Å²) in [5, 5.41) is 20.2. The lowest BCUT2D eigenvalue weighted by molar-refractivity contribution is -0.118. The van der Waals surface area contributed by atoms with Crippen molar-refractivity contribution in [1.29, 1.82) is 5.26 Å². The van der Waals surface area contributed by atoms with E-state index in [-0.39, 0.29) is 17.0 Å². The van der Waals surface area contributed by atoms with Crippen molar-refractivity contribution in [1.82, 2.24) is 15.2 Å². The van der Waals surface area contributed by atoms with E-state index in [9.17, 15) is 10.1 Å². The third-order valence-corrected chi connectivity index (χ3v) is 8.75. The number of Topliss-reactive ketones (excluding diaryl/α,β-unsaturated/α-hetero) is 1. The quantitative estimate of drug-likeness (QED) is 0.408. The number of nitriles is 1. The van der Waals surface area contributed by atoms with Gasteiger partial charge in [0, 0.05) is 40.9 Å².